The molecule has 0 atom stereocenters. The molecule has 23 heavy (non-hydrogen) atoms. The fourth-order valence-electron chi connectivity index (χ4n) is 3.72. The summed E-state index contributed by atoms with van der Waals surface area (Å²) < 4.78 is 0. The third kappa shape index (κ3) is 4.60. The van der Waals surface area contributed by atoms with E-state index in [0.717, 1.165) is 50.8 Å². The number of pyridine rings is 1. The first-order chi connectivity index (χ1) is 11.2. The van der Waals surface area contributed by atoms with E-state index in [4.69, 9.17) is 11.6 Å². The number of piperazine rings is 1. The molecular formula is C18H26ClN3O. The normalized spacial score (nSPS) is 19.9. The summed E-state index contributed by atoms with van der Waals surface area (Å²) >= 11 is 5.96. The molecule has 1 aromatic rings. The van der Waals surface area contributed by atoms with Gasteiger partial charge >= 0.3 is 0 Å². The first-order valence-corrected chi connectivity index (χ1v) is 9.25. The number of carbonyl (C=O) groups is 1. The SMILES string of the molecule is O=C(CCC1CCCCC1)N1CCN(c2cccc(Cl)n2)CC1. The van der Waals surface area contributed by atoms with Crippen LogP contribution in [0.4, 0.5) is 5.82 Å². The lowest BCUT2D eigenvalue weighted by Gasteiger charge is -2.35. The Bertz CT molecular complexity index is 523. The molecule has 0 N–H and O–H groups in total. The van der Waals surface area contributed by atoms with Crippen molar-refractivity contribution in [3.8, 4) is 0 Å². The van der Waals surface area contributed by atoms with Gasteiger partial charge in [0.2, 0.25) is 5.91 Å². The van der Waals surface area contributed by atoms with Gasteiger partial charge in [-0.3, -0.25) is 4.79 Å². The molecular weight excluding hydrogens is 310 g/mol. The first-order valence-electron chi connectivity index (χ1n) is 8.87. The number of nitrogens with zero attached hydrogens (tertiary/aromatic N) is 3. The molecule has 2 heterocycles. The first kappa shape index (κ1) is 16.6. The van der Waals surface area contributed by atoms with Gasteiger partial charge in [-0.25, -0.2) is 4.98 Å². The molecule has 0 spiro atoms. The van der Waals surface area contributed by atoms with Gasteiger partial charge in [-0.15, -0.1) is 0 Å². The van der Waals surface area contributed by atoms with E-state index in [1.54, 1.807) is 6.07 Å². The van der Waals surface area contributed by atoms with E-state index in [-0.39, 0.29) is 0 Å². The Labute approximate surface area is 143 Å². The number of hydrogen-bond donors (Lipinski definition) is 0. The van der Waals surface area contributed by atoms with Gasteiger partial charge in [-0.2, -0.15) is 0 Å². The van der Waals surface area contributed by atoms with E-state index >= 15 is 0 Å². The molecule has 1 aromatic heterocycles. The van der Waals surface area contributed by atoms with Gasteiger partial charge in [0.1, 0.15) is 11.0 Å². The molecule has 0 radical (unpaired) electrons. The average Bonchev–Trinajstić information content (AvgIpc) is 2.61. The maximum Gasteiger partial charge on any atom is 0.222 e. The number of hydrogen-bond acceptors (Lipinski definition) is 3. The zero-order valence-electron chi connectivity index (χ0n) is 13.7. The highest BCUT2D eigenvalue weighted by Crippen LogP contribution is 2.27. The largest absolute Gasteiger partial charge is 0.353 e. The van der Waals surface area contributed by atoms with Crippen molar-refractivity contribution in [1.29, 1.82) is 0 Å². The van der Waals surface area contributed by atoms with Crippen molar-refractivity contribution in [1.82, 2.24) is 9.88 Å². The molecule has 1 amide bonds. The topological polar surface area (TPSA) is 36.4 Å². The van der Waals surface area contributed by atoms with Gasteiger partial charge in [0.15, 0.2) is 0 Å². The highest BCUT2D eigenvalue weighted by molar-refractivity contribution is 6.29. The minimum absolute atomic E-state index is 0.328. The van der Waals surface area contributed by atoms with Crippen LogP contribution in [-0.2, 0) is 4.79 Å². The fraction of sp³-hybridized carbons (Fsp3) is 0.667. The number of halogens is 1. The predicted octanol–water partition coefficient (Wildman–Crippen LogP) is 3.74. The van der Waals surface area contributed by atoms with Crippen molar-refractivity contribution in [2.75, 3.05) is 31.1 Å². The molecule has 2 aliphatic rings. The van der Waals surface area contributed by atoms with Gasteiger partial charge < -0.3 is 9.80 Å². The van der Waals surface area contributed by atoms with Gasteiger partial charge in [0.25, 0.3) is 0 Å². The Balaban J connectivity index is 1.43. The Morgan fingerprint density at radius 2 is 1.87 bits per heavy atom. The second-order valence-corrected chi connectivity index (χ2v) is 7.12. The van der Waals surface area contributed by atoms with Crippen LogP contribution >= 0.6 is 11.6 Å². The highest BCUT2D eigenvalue weighted by atomic mass is 35.5. The van der Waals surface area contributed by atoms with Crippen LogP contribution in [0.2, 0.25) is 5.15 Å². The minimum atomic E-state index is 0.328. The number of aromatic nitrogens is 1. The van der Waals surface area contributed by atoms with E-state index in [2.05, 4.69) is 9.88 Å². The smallest absolute Gasteiger partial charge is 0.222 e. The fourth-order valence-corrected chi connectivity index (χ4v) is 3.88. The van der Waals surface area contributed by atoms with Crippen LogP contribution in [0, 0.1) is 5.92 Å². The molecule has 1 aliphatic heterocycles. The molecule has 126 valence electrons. The van der Waals surface area contributed by atoms with Gasteiger partial charge in [-0.05, 0) is 24.5 Å². The minimum Gasteiger partial charge on any atom is -0.353 e. The second-order valence-electron chi connectivity index (χ2n) is 6.73. The van der Waals surface area contributed by atoms with Crippen LogP contribution < -0.4 is 4.90 Å². The number of amides is 1. The number of anilines is 1. The molecule has 1 saturated heterocycles. The Hall–Kier alpha value is -1.29. The monoisotopic (exact) mass is 335 g/mol. The van der Waals surface area contributed by atoms with E-state index in [9.17, 15) is 4.79 Å². The zero-order chi connectivity index (χ0) is 16.1. The highest BCUT2D eigenvalue weighted by Gasteiger charge is 2.23. The zero-order valence-corrected chi connectivity index (χ0v) is 14.5. The van der Waals surface area contributed by atoms with Crippen molar-refractivity contribution in [3.63, 3.8) is 0 Å². The summed E-state index contributed by atoms with van der Waals surface area (Å²) in [4.78, 5) is 21.0. The summed E-state index contributed by atoms with van der Waals surface area (Å²) in [5.74, 6) is 2.02. The number of rotatable bonds is 4. The maximum absolute atomic E-state index is 12.4. The van der Waals surface area contributed by atoms with Gasteiger partial charge in [0, 0.05) is 32.6 Å². The molecule has 0 unspecified atom stereocenters. The van der Waals surface area contributed by atoms with Crippen molar-refractivity contribution in [3.05, 3.63) is 23.4 Å². The molecule has 3 rings (SSSR count). The van der Waals surface area contributed by atoms with Crippen LogP contribution in [-0.4, -0.2) is 42.0 Å². The van der Waals surface area contributed by atoms with E-state index < -0.39 is 0 Å². The molecule has 1 aliphatic carbocycles. The third-order valence-electron chi connectivity index (χ3n) is 5.15. The Morgan fingerprint density at radius 3 is 2.57 bits per heavy atom. The summed E-state index contributed by atoms with van der Waals surface area (Å²) in [7, 11) is 0. The molecule has 5 heteroatoms. The maximum atomic E-state index is 12.4. The van der Waals surface area contributed by atoms with E-state index in [1.165, 1.54) is 32.1 Å². The van der Waals surface area contributed by atoms with Crippen LogP contribution in [0.15, 0.2) is 18.2 Å². The van der Waals surface area contributed by atoms with Crippen LogP contribution in [0.3, 0.4) is 0 Å². The predicted molar refractivity (Wildman–Crippen MR) is 93.8 cm³/mol. The van der Waals surface area contributed by atoms with Crippen molar-refractivity contribution in [2.24, 2.45) is 5.92 Å². The second kappa shape index (κ2) is 8.00. The standard InChI is InChI=1S/C18H26ClN3O/c19-16-7-4-8-17(20-16)21-11-13-22(14-12-21)18(23)10-9-15-5-2-1-3-6-15/h4,7-8,15H,1-3,5-6,9-14H2. The van der Waals surface area contributed by atoms with E-state index in [1.807, 2.05) is 17.0 Å². The lowest BCUT2D eigenvalue weighted by atomic mass is 9.86. The lowest BCUT2D eigenvalue weighted by Crippen LogP contribution is -2.49. The quantitative estimate of drug-likeness (QED) is 0.786. The number of carbonyl (C=O) groups excluding carboxylic acids is 1. The van der Waals surface area contributed by atoms with Crippen molar-refractivity contribution < 1.29 is 4.79 Å². The van der Waals surface area contributed by atoms with Crippen molar-refractivity contribution >= 4 is 23.3 Å². The Morgan fingerprint density at radius 1 is 1.13 bits per heavy atom. The van der Waals surface area contributed by atoms with Gasteiger partial charge in [-0.1, -0.05) is 49.8 Å². The summed E-state index contributed by atoms with van der Waals surface area (Å²) in [6, 6.07) is 5.69. The molecule has 2 fully saturated rings. The van der Waals surface area contributed by atoms with Crippen LogP contribution in [0.1, 0.15) is 44.9 Å². The molecule has 4 nitrogen and oxygen atoms in total. The summed E-state index contributed by atoms with van der Waals surface area (Å²) in [6.07, 6.45) is 8.52. The van der Waals surface area contributed by atoms with Crippen molar-refractivity contribution in [2.45, 2.75) is 44.9 Å². The van der Waals surface area contributed by atoms with Gasteiger partial charge in [0.05, 0.1) is 0 Å². The van der Waals surface area contributed by atoms with Crippen LogP contribution in [0.25, 0.3) is 0 Å². The summed E-state index contributed by atoms with van der Waals surface area (Å²) in [5, 5.41) is 0.522. The summed E-state index contributed by atoms with van der Waals surface area (Å²) in [5.41, 5.74) is 0. The third-order valence-corrected chi connectivity index (χ3v) is 5.36. The van der Waals surface area contributed by atoms with E-state index in [0.29, 0.717) is 11.1 Å². The molecule has 1 saturated carbocycles. The molecule has 0 bridgehead atoms. The lowest BCUT2D eigenvalue weighted by molar-refractivity contribution is -0.131. The molecule has 0 aromatic carbocycles. The van der Waals surface area contributed by atoms with Crippen LogP contribution in [0.5, 0.6) is 0 Å². The average molecular weight is 336 g/mol. The summed E-state index contributed by atoms with van der Waals surface area (Å²) in [6.45, 7) is 3.25. The Kier molecular flexibility index (Phi) is 5.76.